The van der Waals surface area contributed by atoms with Gasteiger partial charge < -0.3 is 22.3 Å². The summed E-state index contributed by atoms with van der Waals surface area (Å²) in [5.74, 6) is -0.0687. The molecule has 1 aliphatic carbocycles. The highest BCUT2D eigenvalue weighted by Gasteiger charge is 2.10. The van der Waals surface area contributed by atoms with Crippen molar-refractivity contribution in [1.82, 2.24) is 0 Å². The average Bonchev–Trinajstić information content (AvgIpc) is 2.69. The highest BCUT2D eigenvalue weighted by molar-refractivity contribution is 6.36. The van der Waals surface area contributed by atoms with Gasteiger partial charge in [0.2, 0.25) is 0 Å². The van der Waals surface area contributed by atoms with Crippen LogP contribution in [0.4, 0.5) is 0 Å². The molecule has 0 heterocycles. The van der Waals surface area contributed by atoms with E-state index in [0.717, 1.165) is 25.3 Å². The molecule has 0 aromatic heterocycles. The normalized spacial score (nSPS) is 14.8. The summed E-state index contributed by atoms with van der Waals surface area (Å²) in [6, 6.07) is 4.02. The Balaban J connectivity index is 0.000000393. The lowest BCUT2D eigenvalue weighted by Crippen LogP contribution is -2.29. The number of carbonyl (C=O) groups is 2. The minimum Gasteiger partial charge on any atom is -0.480 e. The minimum absolute atomic E-state index is 0.391. The molecule has 1 aromatic carbocycles. The SMILES string of the molecule is NCC1CCCCC1.NCCCC[C@H](N)C(=O)O.O=Cc1ccc(Cl)cc1Cl. The molecule has 1 aliphatic rings. The fraction of sp³-hybridized carbons (Fsp3) is 0.600. The Morgan fingerprint density at radius 1 is 1.18 bits per heavy atom. The Hall–Kier alpha value is -1.18. The van der Waals surface area contributed by atoms with E-state index in [1.165, 1.54) is 38.2 Å². The molecule has 160 valence electrons. The van der Waals surface area contributed by atoms with Crippen LogP contribution < -0.4 is 17.2 Å². The number of hydrogen-bond donors (Lipinski definition) is 4. The molecule has 7 N–H and O–H groups in total. The van der Waals surface area contributed by atoms with Gasteiger partial charge in [0, 0.05) is 10.6 Å². The molecule has 0 radical (unpaired) electrons. The van der Waals surface area contributed by atoms with E-state index in [1.807, 2.05) is 0 Å². The molecular formula is C20H33Cl2N3O3. The molecule has 6 nitrogen and oxygen atoms in total. The lowest BCUT2D eigenvalue weighted by molar-refractivity contribution is -0.138. The molecule has 0 aliphatic heterocycles. The third-order valence-corrected chi connectivity index (χ3v) is 5.00. The molecule has 0 amide bonds. The van der Waals surface area contributed by atoms with E-state index in [4.69, 9.17) is 45.5 Å². The molecule has 0 spiro atoms. The summed E-state index contributed by atoms with van der Waals surface area (Å²) in [6.45, 7) is 1.52. The molecular weight excluding hydrogens is 401 g/mol. The fourth-order valence-electron chi connectivity index (χ4n) is 2.65. The number of rotatable bonds is 7. The summed E-state index contributed by atoms with van der Waals surface area (Å²) in [7, 11) is 0. The second-order valence-corrected chi connectivity index (χ2v) is 7.60. The van der Waals surface area contributed by atoms with Gasteiger partial charge in [0.25, 0.3) is 0 Å². The maximum absolute atomic E-state index is 10.2. The number of carboxylic acid groups (broad SMARTS) is 1. The molecule has 1 aromatic rings. The Kier molecular flexibility index (Phi) is 16.0. The first-order valence-electron chi connectivity index (χ1n) is 9.64. The Labute approximate surface area is 177 Å². The molecule has 0 unspecified atom stereocenters. The van der Waals surface area contributed by atoms with Crippen molar-refractivity contribution in [2.45, 2.75) is 57.4 Å². The van der Waals surface area contributed by atoms with Gasteiger partial charge in [0.05, 0.1) is 5.02 Å². The Morgan fingerprint density at radius 2 is 1.82 bits per heavy atom. The number of carbonyl (C=O) groups excluding carboxylic acids is 1. The van der Waals surface area contributed by atoms with Crippen LogP contribution >= 0.6 is 23.2 Å². The summed E-state index contributed by atoms with van der Waals surface area (Å²) < 4.78 is 0. The van der Waals surface area contributed by atoms with Crippen LogP contribution in [0, 0.1) is 5.92 Å². The number of unbranched alkanes of at least 4 members (excludes halogenated alkanes) is 1. The van der Waals surface area contributed by atoms with Crippen molar-refractivity contribution >= 4 is 35.5 Å². The second-order valence-electron chi connectivity index (χ2n) is 6.75. The smallest absolute Gasteiger partial charge is 0.320 e. The summed E-state index contributed by atoms with van der Waals surface area (Å²) in [4.78, 5) is 20.3. The zero-order valence-electron chi connectivity index (χ0n) is 16.3. The standard InChI is InChI=1S/C7H4Cl2O.C7H15N.C6H14N2O2/c8-6-2-1-5(4-10)7(9)3-6;8-6-7-4-2-1-3-5-7;7-4-2-1-3-5(8)6(9)10/h1-4H;7H,1-6,8H2;5H,1-4,7-8H2,(H,9,10)/t;;5-/m..0/s1. The van der Waals surface area contributed by atoms with Crippen LogP contribution in [-0.4, -0.2) is 36.5 Å². The average molecular weight is 434 g/mol. The van der Waals surface area contributed by atoms with Gasteiger partial charge in [-0.05, 0) is 62.9 Å². The van der Waals surface area contributed by atoms with Gasteiger partial charge in [0.1, 0.15) is 6.04 Å². The first kappa shape index (κ1) is 26.8. The van der Waals surface area contributed by atoms with Crippen LogP contribution in [0.1, 0.15) is 61.7 Å². The minimum atomic E-state index is -0.933. The molecule has 0 saturated heterocycles. The number of hydrogen-bond acceptors (Lipinski definition) is 5. The summed E-state index contributed by atoms with van der Waals surface area (Å²) in [5.41, 5.74) is 16.4. The highest BCUT2D eigenvalue weighted by Crippen LogP contribution is 2.22. The quantitative estimate of drug-likeness (QED) is 0.381. The number of nitrogens with two attached hydrogens (primary N) is 3. The monoisotopic (exact) mass is 433 g/mol. The number of aliphatic carboxylic acids is 1. The molecule has 2 rings (SSSR count). The van der Waals surface area contributed by atoms with Crippen LogP contribution in [0.15, 0.2) is 18.2 Å². The van der Waals surface area contributed by atoms with Crippen molar-refractivity contribution in [3.63, 3.8) is 0 Å². The van der Waals surface area contributed by atoms with Gasteiger partial charge in [-0.2, -0.15) is 0 Å². The van der Waals surface area contributed by atoms with Crippen LogP contribution in [0.3, 0.4) is 0 Å². The maximum Gasteiger partial charge on any atom is 0.320 e. The van der Waals surface area contributed by atoms with Crippen molar-refractivity contribution in [2.75, 3.05) is 13.1 Å². The zero-order chi connectivity index (χ0) is 21.4. The Bertz CT molecular complexity index is 568. The maximum atomic E-state index is 10.2. The van der Waals surface area contributed by atoms with E-state index in [-0.39, 0.29) is 0 Å². The molecule has 8 heteroatoms. The molecule has 1 fully saturated rings. The Morgan fingerprint density at radius 3 is 2.25 bits per heavy atom. The highest BCUT2D eigenvalue weighted by atomic mass is 35.5. The van der Waals surface area contributed by atoms with E-state index < -0.39 is 12.0 Å². The fourth-order valence-corrected chi connectivity index (χ4v) is 3.11. The summed E-state index contributed by atoms with van der Waals surface area (Å²) in [5, 5.41) is 9.25. The van der Waals surface area contributed by atoms with Crippen molar-refractivity contribution in [3.8, 4) is 0 Å². The number of aldehydes is 1. The topological polar surface area (TPSA) is 132 Å². The van der Waals surface area contributed by atoms with Crippen LogP contribution in [0.25, 0.3) is 0 Å². The molecule has 1 saturated carbocycles. The summed E-state index contributed by atoms with van der Waals surface area (Å²) in [6.07, 6.45) is 9.91. The van der Waals surface area contributed by atoms with Crippen molar-refractivity contribution < 1.29 is 14.7 Å². The van der Waals surface area contributed by atoms with Gasteiger partial charge >= 0.3 is 5.97 Å². The van der Waals surface area contributed by atoms with Gasteiger partial charge in [-0.25, -0.2) is 0 Å². The van der Waals surface area contributed by atoms with Crippen LogP contribution in [0.2, 0.25) is 10.0 Å². The van der Waals surface area contributed by atoms with Gasteiger partial charge in [-0.15, -0.1) is 0 Å². The first-order valence-corrected chi connectivity index (χ1v) is 10.4. The predicted molar refractivity (Wildman–Crippen MR) is 116 cm³/mol. The van der Waals surface area contributed by atoms with Crippen molar-refractivity contribution in [3.05, 3.63) is 33.8 Å². The van der Waals surface area contributed by atoms with Crippen molar-refractivity contribution in [1.29, 1.82) is 0 Å². The van der Waals surface area contributed by atoms with Crippen LogP contribution in [-0.2, 0) is 4.79 Å². The van der Waals surface area contributed by atoms with E-state index in [1.54, 1.807) is 12.1 Å². The largest absolute Gasteiger partial charge is 0.480 e. The lowest BCUT2D eigenvalue weighted by atomic mass is 9.90. The van der Waals surface area contributed by atoms with Gasteiger partial charge in [-0.1, -0.05) is 48.9 Å². The second kappa shape index (κ2) is 16.7. The zero-order valence-corrected chi connectivity index (χ0v) is 17.8. The summed E-state index contributed by atoms with van der Waals surface area (Å²) >= 11 is 11.2. The van der Waals surface area contributed by atoms with Gasteiger partial charge in [-0.3, -0.25) is 9.59 Å². The number of halogens is 2. The molecule has 0 bridgehead atoms. The van der Waals surface area contributed by atoms with Crippen molar-refractivity contribution in [2.24, 2.45) is 23.1 Å². The van der Waals surface area contributed by atoms with E-state index in [9.17, 15) is 9.59 Å². The van der Waals surface area contributed by atoms with E-state index in [0.29, 0.717) is 34.9 Å². The molecule has 1 atom stereocenters. The third kappa shape index (κ3) is 13.1. The van der Waals surface area contributed by atoms with E-state index in [2.05, 4.69) is 0 Å². The van der Waals surface area contributed by atoms with Gasteiger partial charge in [0.15, 0.2) is 6.29 Å². The van der Waals surface area contributed by atoms with E-state index >= 15 is 0 Å². The number of benzene rings is 1. The van der Waals surface area contributed by atoms with Crippen LogP contribution in [0.5, 0.6) is 0 Å². The molecule has 28 heavy (non-hydrogen) atoms. The lowest BCUT2D eigenvalue weighted by Gasteiger charge is -2.18. The first-order chi connectivity index (χ1) is 13.3. The third-order valence-electron chi connectivity index (χ3n) is 4.43. The predicted octanol–water partition coefficient (Wildman–Crippen LogP) is 3.86. The number of carboxylic acids is 1.